The Morgan fingerprint density at radius 3 is 2.68 bits per heavy atom. The number of nitrogens with one attached hydrogen (secondary N) is 1. The number of halogens is 1. The summed E-state index contributed by atoms with van der Waals surface area (Å²) < 4.78 is 3.33. The van der Waals surface area contributed by atoms with Crippen molar-refractivity contribution in [2.75, 3.05) is 11.9 Å². The van der Waals surface area contributed by atoms with E-state index in [-0.39, 0.29) is 16.7 Å². The summed E-state index contributed by atoms with van der Waals surface area (Å²) in [5, 5.41) is 15.2. The number of hydrogen-bond donors (Lipinski definition) is 1. The van der Waals surface area contributed by atoms with Gasteiger partial charge in [-0.2, -0.15) is 0 Å². The molecule has 0 radical (unpaired) electrons. The number of thiocarbonyl (C=S) groups is 1. The average molecular weight is 504 g/mol. The lowest BCUT2D eigenvalue weighted by Gasteiger charge is -2.39. The predicted molar refractivity (Wildman–Crippen MR) is 121 cm³/mol. The van der Waals surface area contributed by atoms with Gasteiger partial charge in [0.05, 0.1) is 11.0 Å². The molecule has 3 aromatic rings. The Morgan fingerprint density at radius 2 is 1.93 bits per heavy atom. The molecule has 0 bridgehead atoms. The largest absolute Gasteiger partial charge is 0.348 e. The maximum atomic E-state index is 11.3. The molecular weight excluding hydrogens is 487 g/mol. The van der Waals surface area contributed by atoms with E-state index in [1.54, 1.807) is 12.1 Å². The van der Waals surface area contributed by atoms with Crippen molar-refractivity contribution >= 4 is 51.3 Å². The van der Waals surface area contributed by atoms with Crippen molar-refractivity contribution in [1.82, 2.24) is 9.47 Å². The molecule has 0 spiro atoms. The fraction of sp³-hybridized carbons (Fsp3) is 0.150. The van der Waals surface area contributed by atoms with Gasteiger partial charge in [-0.1, -0.05) is 12.1 Å². The highest BCUT2D eigenvalue weighted by Gasteiger charge is 2.31. The van der Waals surface area contributed by atoms with Crippen molar-refractivity contribution in [3.05, 3.63) is 91.8 Å². The number of nitro benzene ring substituents is 1. The number of aromatic nitrogens is 1. The molecule has 28 heavy (non-hydrogen) atoms. The second kappa shape index (κ2) is 7.88. The Labute approximate surface area is 181 Å². The van der Waals surface area contributed by atoms with Crippen LogP contribution in [-0.4, -0.2) is 26.0 Å². The van der Waals surface area contributed by atoms with Gasteiger partial charge in [-0.3, -0.25) is 10.1 Å². The van der Waals surface area contributed by atoms with Crippen LogP contribution in [0.25, 0.3) is 0 Å². The van der Waals surface area contributed by atoms with Crippen LogP contribution in [0.4, 0.5) is 11.4 Å². The van der Waals surface area contributed by atoms with E-state index < -0.39 is 0 Å². The molecule has 0 saturated heterocycles. The number of nitrogens with zero attached hydrogens (tertiary/aromatic N) is 3. The van der Waals surface area contributed by atoms with Crippen molar-refractivity contribution in [2.24, 2.45) is 0 Å². The third-order valence-corrected chi connectivity index (χ3v) is 5.85. The molecule has 0 saturated carbocycles. The Kier molecular flexibility index (Phi) is 5.31. The molecule has 0 amide bonds. The summed E-state index contributed by atoms with van der Waals surface area (Å²) in [6.45, 7) is 1.52. The van der Waals surface area contributed by atoms with Gasteiger partial charge in [0.2, 0.25) is 0 Å². The zero-order chi connectivity index (χ0) is 19.7. The lowest BCUT2D eigenvalue weighted by atomic mass is 10.00. The number of rotatable bonds is 3. The fourth-order valence-electron chi connectivity index (χ4n) is 3.49. The van der Waals surface area contributed by atoms with Crippen LogP contribution in [0.1, 0.15) is 17.3 Å². The molecule has 1 aliphatic heterocycles. The smallest absolute Gasteiger partial charge is 0.269 e. The van der Waals surface area contributed by atoms with Crippen LogP contribution >= 0.6 is 34.8 Å². The van der Waals surface area contributed by atoms with E-state index in [2.05, 4.69) is 37.4 Å². The van der Waals surface area contributed by atoms with Gasteiger partial charge in [0.15, 0.2) is 5.11 Å². The van der Waals surface area contributed by atoms with Crippen LogP contribution in [0.2, 0.25) is 0 Å². The van der Waals surface area contributed by atoms with Crippen molar-refractivity contribution in [3.63, 3.8) is 0 Å². The van der Waals surface area contributed by atoms with Crippen LogP contribution in [0.15, 0.2) is 66.9 Å². The molecule has 6 nitrogen and oxygen atoms in total. The standard InChI is InChI=1S/C20H17IN4O2S/c21-15-6-8-16(9-7-15)22-20(28)24-12-11-23-10-2-5-18(23)19(24)14-3-1-4-17(13-14)25(26)27/h1-10,13,19H,11-12H2,(H,22,28). The van der Waals surface area contributed by atoms with E-state index in [9.17, 15) is 10.1 Å². The molecule has 1 N–H and O–H groups in total. The first-order valence-electron chi connectivity index (χ1n) is 8.75. The quantitative estimate of drug-likeness (QED) is 0.240. The van der Waals surface area contributed by atoms with Gasteiger partial charge in [0.25, 0.3) is 5.69 Å². The molecular formula is C20H17IN4O2S. The predicted octanol–water partition coefficient (Wildman–Crippen LogP) is 4.80. The first-order valence-corrected chi connectivity index (χ1v) is 10.2. The highest BCUT2D eigenvalue weighted by Crippen LogP contribution is 2.34. The van der Waals surface area contributed by atoms with E-state index in [0.717, 1.165) is 27.1 Å². The van der Waals surface area contributed by atoms with E-state index in [1.807, 2.05) is 48.7 Å². The summed E-state index contributed by atoms with van der Waals surface area (Å²) in [7, 11) is 0. The molecule has 1 aromatic heterocycles. The molecule has 1 aliphatic rings. The minimum atomic E-state index is -0.363. The van der Waals surface area contributed by atoms with E-state index in [4.69, 9.17) is 12.2 Å². The van der Waals surface area contributed by atoms with E-state index in [0.29, 0.717) is 11.7 Å². The third kappa shape index (κ3) is 3.74. The SMILES string of the molecule is O=[N+]([O-])c1cccc(C2c3cccn3CCN2C(=S)Nc2ccc(I)cc2)c1. The number of anilines is 1. The van der Waals surface area contributed by atoms with Gasteiger partial charge in [-0.25, -0.2) is 0 Å². The summed E-state index contributed by atoms with van der Waals surface area (Å²) >= 11 is 7.99. The molecule has 1 unspecified atom stereocenters. The second-order valence-corrected chi connectivity index (χ2v) is 8.14. The molecule has 2 aromatic carbocycles. The Hall–Kier alpha value is -2.46. The van der Waals surface area contributed by atoms with Gasteiger partial charge >= 0.3 is 0 Å². The van der Waals surface area contributed by atoms with Crippen LogP contribution in [0, 0.1) is 13.7 Å². The first-order chi connectivity index (χ1) is 13.5. The van der Waals surface area contributed by atoms with Crippen molar-refractivity contribution in [3.8, 4) is 0 Å². The van der Waals surface area contributed by atoms with Gasteiger partial charge in [-0.05, 0) is 76.8 Å². The number of hydrogen-bond acceptors (Lipinski definition) is 3. The summed E-state index contributed by atoms with van der Waals surface area (Å²) in [4.78, 5) is 13.0. The molecule has 0 aliphatic carbocycles. The van der Waals surface area contributed by atoms with E-state index in [1.165, 1.54) is 6.07 Å². The second-order valence-electron chi connectivity index (χ2n) is 6.51. The zero-order valence-corrected chi connectivity index (χ0v) is 17.8. The van der Waals surface area contributed by atoms with Crippen LogP contribution in [0.3, 0.4) is 0 Å². The van der Waals surface area contributed by atoms with Crippen LogP contribution in [0.5, 0.6) is 0 Å². The van der Waals surface area contributed by atoms with E-state index >= 15 is 0 Å². The summed E-state index contributed by atoms with van der Waals surface area (Å²) in [6, 6.07) is 18.7. The van der Waals surface area contributed by atoms with Gasteiger partial charge in [0, 0.05) is 46.4 Å². The average Bonchev–Trinajstić information content (AvgIpc) is 3.17. The molecule has 8 heteroatoms. The van der Waals surface area contributed by atoms with Gasteiger partial charge < -0.3 is 14.8 Å². The maximum absolute atomic E-state index is 11.3. The van der Waals surface area contributed by atoms with Crippen molar-refractivity contribution in [2.45, 2.75) is 12.6 Å². The molecule has 2 heterocycles. The molecule has 0 fully saturated rings. The number of benzene rings is 2. The summed E-state index contributed by atoms with van der Waals surface area (Å²) in [5.41, 5.74) is 2.92. The van der Waals surface area contributed by atoms with Crippen molar-refractivity contribution < 1.29 is 4.92 Å². The topological polar surface area (TPSA) is 63.3 Å². The maximum Gasteiger partial charge on any atom is 0.269 e. The monoisotopic (exact) mass is 504 g/mol. The van der Waals surface area contributed by atoms with Gasteiger partial charge in [-0.15, -0.1) is 0 Å². The number of fused-ring (bicyclic) bond motifs is 1. The Morgan fingerprint density at radius 1 is 1.14 bits per heavy atom. The number of nitro groups is 1. The summed E-state index contributed by atoms with van der Waals surface area (Å²) in [5.74, 6) is 0. The minimum Gasteiger partial charge on any atom is -0.348 e. The minimum absolute atomic E-state index is 0.0811. The first kappa shape index (κ1) is 18.9. The van der Waals surface area contributed by atoms with Crippen LogP contribution < -0.4 is 5.32 Å². The molecule has 142 valence electrons. The van der Waals surface area contributed by atoms with Crippen LogP contribution in [-0.2, 0) is 6.54 Å². The summed E-state index contributed by atoms with van der Waals surface area (Å²) in [6.07, 6.45) is 2.03. The zero-order valence-electron chi connectivity index (χ0n) is 14.8. The highest BCUT2D eigenvalue weighted by molar-refractivity contribution is 14.1. The van der Waals surface area contributed by atoms with Crippen molar-refractivity contribution in [1.29, 1.82) is 0 Å². The lowest BCUT2D eigenvalue weighted by Crippen LogP contribution is -2.44. The number of non-ortho nitro benzene ring substituents is 1. The lowest BCUT2D eigenvalue weighted by molar-refractivity contribution is -0.384. The molecule has 1 atom stereocenters. The van der Waals surface area contributed by atoms with Gasteiger partial charge in [0.1, 0.15) is 0 Å². The normalized spacial score (nSPS) is 15.8. The third-order valence-electron chi connectivity index (χ3n) is 4.79. The Balaban J connectivity index is 1.69. The highest BCUT2D eigenvalue weighted by atomic mass is 127. The Bertz CT molecular complexity index is 1030. The fourth-order valence-corrected chi connectivity index (χ4v) is 4.16. The molecule has 4 rings (SSSR count).